The Morgan fingerprint density at radius 2 is 2.18 bits per heavy atom. The molecule has 0 amide bonds. The zero-order valence-corrected chi connectivity index (χ0v) is 7.17. The summed E-state index contributed by atoms with van der Waals surface area (Å²) in [5.74, 6) is 6.14. The zero-order chi connectivity index (χ0) is 8.10. The second kappa shape index (κ2) is 3.92. The molecule has 0 aromatic carbocycles. The van der Waals surface area contributed by atoms with Crippen molar-refractivity contribution in [3.8, 4) is 11.8 Å². The van der Waals surface area contributed by atoms with Gasteiger partial charge in [-0.05, 0) is 0 Å². The number of rotatable bonds is 1. The highest BCUT2D eigenvalue weighted by molar-refractivity contribution is 5.03. The van der Waals surface area contributed by atoms with E-state index in [2.05, 4.69) is 48.0 Å². The summed E-state index contributed by atoms with van der Waals surface area (Å²) in [7, 11) is 2.06. The SMILES string of the molecule is CCC#CCN1C=CN(C)C1. The molecule has 2 heteroatoms. The molecule has 0 atom stereocenters. The minimum Gasteiger partial charge on any atom is -0.362 e. The van der Waals surface area contributed by atoms with E-state index in [0.717, 1.165) is 19.6 Å². The minimum atomic E-state index is 0.856. The lowest BCUT2D eigenvalue weighted by atomic mass is 10.4. The van der Waals surface area contributed by atoms with Crippen molar-refractivity contribution in [2.45, 2.75) is 13.3 Å². The van der Waals surface area contributed by atoms with E-state index < -0.39 is 0 Å². The van der Waals surface area contributed by atoms with Crippen LogP contribution in [0.25, 0.3) is 0 Å². The summed E-state index contributed by atoms with van der Waals surface area (Å²) in [5, 5.41) is 0. The first kappa shape index (κ1) is 8.00. The first-order chi connectivity index (χ1) is 5.33. The molecular formula is C9H14N2. The molecule has 0 saturated heterocycles. The highest BCUT2D eigenvalue weighted by Crippen LogP contribution is 2.01. The van der Waals surface area contributed by atoms with Gasteiger partial charge in [0.15, 0.2) is 0 Å². The lowest BCUT2D eigenvalue weighted by molar-refractivity contribution is 0.321. The van der Waals surface area contributed by atoms with Crippen molar-refractivity contribution in [3.63, 3.8) is 0 Å². The summed E-state index contributed by atoms with van der Waals surface area (Å²) < 4.78 is 0. The molecule has 0 bridgehead atoms. The Labute approximate surface area is 68.5 Å². The molecule has 1 rings (SSSR count). The Bertz CT molecular complexity index is 197. The van der Waals surface area contributed by atoms with Crippen LogP contribution in [0.4, 0.5) is 0 Å². The second-order valence-electron chi connectivity index (χ2n) is 2.65. The van der Waals surface area contributed by atoms with Crippen LogP contribution in [0.5, 0.6) is 0 Å². The van der Waals surface area contributed by atoms with Gasteiger partial charge in [-0.2, -0.15) is 0 Å². The highest BCUT2D eigenvalue weighted by Gasteiger charge is 2.04. The van der Waals surface area contributed by atoms with E-state index in [1.807, 2.05) is 0 Å². The molecule has 0 saturated carbocycles. The van der Waals surface area contributed by atoms with Crippen molar-refractivity contribution in [2.24, 2.45) is 0 Å². The fourth-order valence-corrected chi connectivity index (χ4v) is 0.974. The average Bonchev–Trinajstić information content (AvgIpc) is 2.37. The number of hydrogen-bond acceptors (Lipinski definition) is 2. The second-order valence-corrected chi connectivity index (χ2v) is 2.65. The molecular weight excluding hydrogens is 136 g/mol. The van der Waals surface area contributed by atoms with Crippen molar-refractivity contribution >= 4 is 0 Å². The van der Waals surface area contributed by atoms with Gasteiger partial charge in [-0.25, -0.2) is 0 Å². The fourth-order valence-electron chi connectivity index (χ4n) is 0.974. The molecule has 0 radical (unpaired) electrons. The van der Waals surface area contributed by atoms with Crippen LogP contribution in [0.15, 0.2) is 12.4 Å². The van der Waals surface area contributed by atoms with Gasteiger partial charge in [-0.3, -0.25) is 0 Å². The molecule has 0 spiro atoms. The largest absolute Gasteiger partial charge is 0.362 e. The van der Waals surface area contributed by atoms with Gasteiger partial charge in [0.1, 0.15) is 0 Å². The molecule has 1 heterocycles. The average molecular weight is 150 g/mol. The topological polar surface area (TPSA) is 6.48 Å². The predicted octanol–water partition coefficient (Wildman–Crippen LogP) is 1.08. The molecule has 0 aromatic heterocycles. The fraction of sp³-hybridized carbons (Fsp3) is 0.556. The van der Waals surface area contributed by atoms with Gasteiger partial charge in [-0.1, -0.05) is 12.8 Å². The molecule has 0 N–H and O–H groups in total. The Kier molecular flexibility index (Phi) is 2.85. The van der Waals surface area contributed by atoms with Gasteiger partial charge in [0.2, 0.25) is 0 Å². The molecule has 0 fully saturated rings. The molecule has 0 aromatic rings. The summed E-state index contributed by atoms with van der Waals surface area (Å²) in [5.41, 5.74) is 0. The van der Waals surface area contributed by atoms with Crippen molar-refractivity contribution in [1.82, 2.24) is 9.80 Å². The number of hydrogen-bond donors (Lipinski definition) is 0. The van der Waals surface area contributed by atoms with Gasteiger partial charge < -0.3 is 9.80 Å². The third kappa shape index (κ3) is 2.55. The van der Waals surface area contributed by atoms with E-state index >= 15 is 0 Å². The zero-order valence-electron chi connectivity index (χ0n) is 7.17. The van der Waals surface area contributed by atoms with Gasteiger partial charge in [-0.15, -0.1) is 5.92 Å². The Hall–Kier alpha value is -1.10. The Morgan fingerprint density at radius 3 is 2.73 bits per heavy atom. The quantitative estimate of drug-likeness (QED) is 0.516. The third-order valence-electron chi connectivity index (χ3n) is 1.52. The molecule has 60 valence electrons. The van der Waals surface area contributed by atoms with Crippen LogP contribution in [0.1, 0.15) is 13.3 Å². The lowest BCUT2D eigenvalue weighted by Crippen LogP contribution is -2.22. The first-order valence-corrected chi connectivity index (χ1v) is 3.91. The van der Waals surface area contributed by atoms with Crippen molar-refractivity contribution in [1.29, 1.82) is 0 Å². The van der Waals surface area contributed by atoms with Crippen LogP contribution in [-0.4, -0.2) is 30.1 Å². The van der Waals surface area contributed by atoms with Crippen LogP contribution in [0, 0.1) is 11.8 Å². The smallest absolute Gasteiger partial charge is 0.0899 e. The summed E-state index contributed by atoms with van der Waals surface area (Å²) in [6.45, 7) is 3.89. The maximum absolute atomic E-state index is 3.10. The molecule has 1 aliphatic rings. The summed E-state index contributed by atoms with van der Waals surface area (Å²) >= 11 is 0. The molecule has 2 nitrogen and oxygen atoms in total. The van der Waals surface area contributed by atoms with E-state index in [1.54, 1.807) is 0 Å². The summed E-state index contributed by atoms with van der Waals surface area (Å²) in [4.78, 5) is 4.32. The van der Waals surface area contributed by atoms with Crippen LogP contribution < -0.4 is 0 Å². The van der Waals surface area contributed by atoms with Gasteiger partial charge in [0.25, 0.3) is 0 Å². The van der Waals surface area contributed by atoms with E-state index in [0.29, 0.717) is 0 Å². The highest BCUT2D eigenvalue weighted by atomic mass is 15.3. The van der Waals surface area contributed by atoms with Crippen LogP contribution in [-0.2, 0) is 0 Å². The number of nitrogens with zero attached hydrogens (tertiary/aromatic N) is 2. The predicted molar refractivity (Wildman–Crippen MR) is 46.5 cm³/mol. The molecule has 1 aliphatic heterocycles. The van der Waals surface area contributed by atoms with Gasteiger partial charge in [0, 0.05) is 25.9 Å². The monoisotopic (exact) mass is 150 g/mol. The van der Waals surface area contributed by atoms with Crippen LogP contribution in [0.3, 0.4) is 0 Å². The third-order valence-corrected chi connectivity index (χ3v) is 1.52. The Morgan fingerprint density at radius 1 is 1.36 bits per heavy atom. The minimum absolute atomic E-state index is 0.856. The van der Waals surface area contributed by atoms with E-state index in [-0.39, 0.29) is 0 Å². The van der Waals surface area contributed by atoms with Gasteiger partial charge >= 0.3 is 0 Å². The lowest BCUT2D eigenvalue weighted by Gasteiger charge is -2.14. The normalized spacial score (nSPS) is 15.1. The standard InChI is InChI=1S/C9H14N2/c1-3-4-5-6-11-8-7-10(2)9-11/h7-8H,3,6,9H2,1-2H3. The maximum Gasteiger partial charge on any atom is 0.0899 e. The molecule has 0 aliphatic carbocycles. The van der Waals surface area contributed by atoms with Crippen molar-refractivity contribution in [3.05, 3.63) is 12.4 Å². The molecule has 0 unspecified atom stereocenters. The van der Waals surface area contributed by atoms with E-state index in [1.165, 1.54) is 0 Å². The van der Waals surface area contributed by atoms with Crippen LogP contribution >= 0.6 is 0 Å². The van der Waals surface area contributed by atoms with E-state index in [4.69, 9.17) is 0 Å². The summed E-state index contributed by atoms with van der Waals surface area (Å²) in [6.07, 6.45) is 5.09. The molecule has 11 heavy (non-hydrogen) atoms. The van der Waals surface area contributed by atoms with Crippen molar-refractivity contribution < 1.29 is 0 Å². The first-order valence-electron chi connectivity index (χ1n) is 3.91. The summed E-state index contributed by atoms with van der Waals surface area (Å²) in [6, 6.07) is 0. The van der Waals surface area contributed by atoms with Crippen molar-refractivity contribution in [2.75, 3.05) is 20.3 Å². The van der Waals surface area contributed by atoms with Gasteiger partial charge in [0.05, 0.1) is 13.2 Å². The maximum atomic E-state index is 3.10. The van der Waals surface area contributed by atoms with E-state index in [9.17, 15) is 0 Å². The Balaban J connectivity index is 2.24. The van der Waals surface area contributed by atoms with Crippen LogP contribution in [0.2, 0.25) is 0 Å².